The SMILES string of the molecule is C[C@@H](N)C(=O)NC(c1ccc(Cl)cc1)C1CC1. The first-order chi connectivity index (χ1) is 8.08. The maximum absolute atomic E-state index is 11.7. The number of hydrogen-bond acceptors (Lipinski definition) is 2. The lowest BCUT2D eigenvalue weighted by Gasteiger charge is -2.20. The second-order valence-corrected chi connectivity index (χ2v) is 5.10. The number of benzene rings is 1. The minimum Gasteiger partial charge on any atom is -0.348 e. The standard InChI is InChI=1S/C13H17ClN2O/c1-8(15)13(17)16-12(9-2-3-9)10-4-6-11(14)7-5-10/h4-9,12H,2-3,15H2,1H3,(H,16,17)/t8-,12?/m1/s1. The Hall–Kier alpha value is -1.06. The average Bonchev–Trinajstić information content (AvgIpc) is 3.10. The van der Waals surface area contributed by atoms with Crippen LogP contribution in [-0.2, 0) is 4.79 Å². The molecule has 1 aromatic rings. The summed E-state index contributed by atoms with van der Waals surface area (Å²) in [6, 6.07) is 7.24. The number of rotatable bonds is 4. The Labute approximate surface area is 106 Å². The van der Waals surface area contributed by atoms with Crippen LogP contribution in [0.2, 0.25) is 5.02 Å². The quantitative estimate of drug-likeness (QED) is 0.864. The van der Waals surface area contributed by atoms with Gasteiger partial charge in [0.2, 0.25) is 5.91 Å². The van der Waals surface area contributed by atoms with E-state index in [9.17, 15) is 4.79 Å². The molecule has 92 valence electrons. The number of carbonyl (C=O) groups excluding carboxylic acids is 1. The predicted octanol–water partition coefficient (Wildman–Crippen LogP) is 2.25. The third-order valence-electron chi connectivity index (χ3n) is 3.03. The number of amides is 1. The molecule has 1 saturated carbocycles. The minimum atomic E-state index is -0.469. The molecule has 0 bridgehead atoms. The summed E-state index contributed by atoms with van der Waals surface area (Å²) in [7, 11) is 0. The lowest BCUT2D eigenvalue weighted by Crippen LogP contribution is -2.40. The maximum atomic E-state index is 11.7. The van der Waals surface area contributed by atoms with Gasteiger partial charge in [0.25, 0.3) is 0 Å². The molecule has 17 heavy (non-hydrogen) atoms. The van der Waals surface area contributed by atoms with Gasteiger partial charge in [0.1, 0.15) is 0 Å². The zero-order valence-electron chi connectivity index (χ0n) is 9.82. The van der Waals surface area contributed by atoms with Gasteiger partial charge in [-0.15, -0.1) is 0 Å². The van der Waals surface area contributed by atoms with Crippen LogP contribution in [0.3, 0.4) is 0 Å². The van der Waals surface area contributed by atoms with Crippen molar-refractivity contribution in [1.29, 1.82) is 0 Å². The highest BCUT2D eigenvalue weighted by atomic mass is 35.5. The van der Waals surface area contributed by atoms with E-state index in [1.54, 1.807) is 6.92 Å². The van der Waals surface area contributed by atoms with E-state index in [1.807, 2.05) is 24.3 Å². The van der Waals surface area contributed by atoms with Crippen LogP contribution in [0.15, 0.2) is 24.3 Å². The van der Waals surface area contributed by atoms with Gasteiger partial charge in [-0.05, 0) is 43.4 Å². The lowest BCUT2D eigenvalue weighted by atomic mass is 10.0. The van der Waals surface area contributed by atoms with Crippen molar-refractivity contribution >= 4 is 17.5 Å². The first-order valence-corrected chi connectivity index (χ1v) is 6.27. The van der Waals surface area contributed by atoms with Crippen LogP contribution >= 0.6 is 11.6 Å². The molecule has 1 aromatic carbocycles. The summed E-state index contributed by atoms with van der Waals surface area (Å²) in [4.78, 5) is 11.7. The molecule has 1 amide bonds. The topological polar surface area (TPSA) is 55.1 Å². The summed E-state index contributed by atoms with van der Waals surface area (Å²) >= 11 is 5.86. The van der Waals surface area contributed by atoms with Crippen LogP contribution in [0.5, 0.6) is 0 Å². The van der Waals surface area contributed by atoms with Gasteiger partial charge >= 0.3 is 0 Å². The third-order valence-corrected chi connectivity index (χ3v) is 3.29. The molecular weight excluding hydrogens is 236 g/mol. The molecule has 1 aliphatic rings. The molecule has 0 radical (unpaired) electrons. The van der Waals surface area contributed by atoms with Crippen molar-refractivity contribution in [2.75, 3.05) is 0 Å². The van der Waals surface area contributed by atoms with E-state index in [2.05, 4.69) is 5.32 Å². The molecular formula is C13H17ClN2O. The predicted molar refractivity (Wildman–Crippen MR) is 68.7 cm³/mol. The van der Waals surface area contributed by atoms with Crippen LogP contribution in [-0.4, -0.2) is 11.9 Å². The van der Waals surface area contributed by atoms with Crippen LogP contribution in [0.1, 0.15) is 31.4 Å². The molecule has 1 fully saturated rings. The van der Waals surface area contributed by atoms with E-state index in [4.69, 9.17) is 17.3 Å². The van der Waals surface area contributed by atoms with Gasteiger partial charge in [-0.1, -0.05) is 23.7 Å². The minimum absolute atomic E-state index is 0.0748. The molecule has 0 aromatic heterocycles. The number of nitrogens with one attached hydrogen (secondary N) is 1. The Morgan fingerprint density at radius 2 is 2.00 bits per heavy atom. The van der Waals surface area contributed by atoms with Crippen molar-refractivity contribution in [2.24, 2.45) is 11.7 Å². The van der Waals surface area contributed by atoms with E-state index in [0.29, 0.717) is 10.9 Å². The third kappa shape index (κ3) is 3.20. The fourth-order valence-corrected chi connectivity index (χ4v) is 1.98. The van der Waals surface area contributed by atoms with Crippen molar-refractivity contribution < 1.29 is 4.79 Å². The summed E-state index contributed by atoms with van der Waals surface area (Å²) < 4.78 is 0. The normalized spacial score (nSPS) is 18.5. The van der Waals surface area contributed by atoms with Gasteiger partial charge in [-0.3, -0.25) is 4.79 Å². The summed E-state index contributed by atoms with van der Waals surface area (Å²) in [5.41, 5.74) is 6.68. The van der Waals surface area contributed by atoms with Crippen molar-refractivity contribution in [3.05, 3.63) is 34.9 Å². The largest absolute Gasteiger partial charge is 0.348 e. The summed E-state index contributed by atoms with van der Waals surface area (Å²) in [5.74, 6) is 0.440. The van der Waals surface area contributed by atoms with Gasteiger partial charge in [-0.25, -0.2) is 0 Å². The van der Waals surface area contributed by atoms with Gasteiger partial charge < -0.3 is 11.1 Å². The van der Waals surface area contributed by atoms with E-state index in [0.717, 1.165) is 18.4 Å². The van der Waals surface area contributed by atoms with E-state index in [-0.39, 0.29) is 11.9 Å². The molecule has 3 N–H and O–H groups in total. The van der Waals surface area contributed by atoms with Crippen LogP contribution in [0.25, 0.3) is 0 Å². The van der Waals surface area contributed by atoms with Crippen LogP contribution in [0.4, 0.5) is 0 Å². The molecule has 0 saturated heterocycles. The van der Waals surface area contributed by atoms with Crippen LogP contribution < -0.4 is 11.1 Å². The van der Waals surface area contributed by atoms with Gasteiger partial charge in [0.05, 0.1) is 12.1 Å². The zero-order valence-corrected chi connectivity index (χ0v) is 10.6. The molecule has 2 rings (SSSR count). The molecule has 0 spiro atoms. The first kappa shape index (κ1) is 12.4. The number of nitrogens with two attached hydrogens (primary N) is 1. The Morgan fingerprint density at radius 3 is 2.47 bits per heavy atom. The number of halogens is 1. The zero-order chi connectivity index (χ0) is 12.4. The van der Waals surface area contributed by atoms with Crippen LogP contribution in [0, 0.1) is 5.92 Å². The summed E-state index contributed by atoms with van der Waals surface area (Å²) in [6.45, 7) is 1.70. The van der Waals surface area contributed by atoms with Gasteiger partial charge in [0, 0.05) is 5.02 Å². The smallest absolute Gasteiger partial charge is 0.237 e. The molecule has 1 unspecified atom stereocenters. The highest BCUT2D eigenvalue weighted by molar-refractivity contribution is 6.30. The monoisotopic (exact) mass is 252 g/mol. The Bertz CT molecular complexity index is 398. The van der Waals surface area contributed by atoms with E-state index < -0.39 is 6.04 Å². The second kappa shape index (κ2) is 5.07. The fraction of sp³-hybridized carbons (Fsp3) is 0.462. The average molecular weight is 253 g/mol. The van der Waals surface area contributed by atoms with Crippen molar-refractivity contribution in [1.82, 2.24) is 5.32 Å². The fourth-order valence-electron chi connectivity index (χ4n) is 1.86. The molecule has 0 aliphatic heterocycles. The Morgan fingerprint density at radius 1 is 1.41 bits per heavy atom. The Kier molecular flexibility index (Phi) is 3.69. The van der Waals surface area contributed by atoms with Gasteiger partial charge in [0.15, 0.2) is 0 Å². The molecule has 0 heterocycles. The van der Waals surface area contributed by atoms with E-state index >= 15 is 0 Å². The molecule has 3 nitrogen and oxygen atoms in total. The summed E-state index contributed by atoms with van der Waals surface area (Å²) in [5, 5.41) is 3.72. The van der Waals surface area contributed by atoms with Gasteiger partial charge in [-0.2, -0.15) is 0 Å². The first-order valence-electron chi connectivity index (χ1n) is 5.89. The van der Waals surface area contributed by atoms with Crippen molar-refractivity contribution in [3.8, 4) is 0 Å². The maximum Gasteiger partial charge on any atom is 0.237 e. The summed E-state index contributed by atoms with van der Waals surface area (Å²) in [6.07, 6.45) is 2.32. The highest BCUT2D eigenvalue weighted by Crippen LogP contribution is 2.41. The van der Waals surface area contributed by atoms with Crippen molar-refractivity contribution in [3.63, 3.8) is 0 Å². The highest BCUT2D eigenvalue weighted by Gasteiger charge is 2.33. The lowest BCUT2D eigenvalue weighted by molar-refractivity contribution is -0.122. The van der Waals surface area contributed by atoms with Crippen molar-refractivity contribution in [2.45, 2.75) is 31.8 Å². The molecule has 4 heteroatoms. The Balaban J connectivity index is 2.12. The second-order valence-electron chi connectivity index (χ2n) is 4.66. The molecule has 2 atom stereocenters. The number of carbonyl (C=O) groups is 1. The van der Waals surface area contributed by atoms with E-state index in [1.165, 1.54) is 0 Å². The molecule has 1 aliphatic carbocycles. The number of hydrogen-bond donors (Lipinski definition) is 2.